The zero-order chi connectivity index (χ0) is 28.3. The van der Waals surface area contributed by atoms with E-state index in [1.807, 2.05) is 0 Å². The lowest BCUT2D eigenvalue weighted by Crippen LogP contribution is -2.47. The van der Waals surface area contributed by atoms with Gasteiger partial charge in [0.25, 0.3) is 10.1 Å². The summed E-state index contributed by atoms with van der Waals surface area (Å²) in [6.07, 6.45) is 20.8. The molecule has 0 fully saturated rings. The van der Waals surface area contributed by atoms with Gasteiger partial charge in [0, 0.05) is 0 Å². The average Bonchev–Trinajstić information content (AvgIpc) is 2.90. The minimum atomic E-state index is -4.04. The Morgan fingerprint density at radius 3 is 1.19 bits per heavy atom. The molecule has 0 radical (unpaired) electrons. The monoisotopic (exact) mass is 552 g/mol. The molecular formula is C31H67FNO3S+. The summed E-state index contributed by atoms with van der Waals surface area (Å²) in [7, 11) is -4.04. The number of rotatable bonds is 26. The molecule has 1 unspecified atom stereocenters. The molecule has 0 N–H and O–H groups in total. The van der Waals surface area contributed by atoms with Gasteiger partial charge in [-0.15, -0.1) is 0 Å². The Morgan fingerprint density at radius 2 is 0.865 bits per heavy atom. The van der Waals surface area contributed by atoms with E-state index in [2.05, 4.69) is 41.5 Å². The van der Waals surface area contributed by atoms with Crippen molar-refractivity contribution in [1.82, 2.24) is 0 Å². The van der Waals surface area contributed by atoms with Gasteiger partial charge in [-0.25, -0.2) is 4.39 Å². The van der Waals surface area contributed by atoms with E-state index in [4.69, 9.17) is 4.18 Å². The molecule has 0 rings (SSSR count). The highest BCUT2D eigenvalue weighted by atomic mass is 32.2. The lowest BCUT2D eigenvalue weighted by molar-refractivity contribution is -0.921. The van der Waals surface area contributed by atoms with Gasteiger partial charge in [-0.3, -0.25) is 4.18 Å². The van der Waals surface area contributed by atoms with Crippen LogP contribution in [0, 0.1) is 0 Å². The van der Waals surface area contributed by atoms with Crippen molar-refractivity contribution in [1.29, 1.82) is 0 Å². The van der Waals surface area contributed by atoms with Crippen LogP contribution in [0.25, 0.3) is 0 Å². The van der Waals surface area contributed by atoms with Crippen molar-refractivity contribution in [2.45, 2.75) is 169 Å². The lowest BCUT2D eigenvalue weighted by Gasteiger charge is -2.34. The third-order valence-electron chi connectivity index (χ3n) is 8.03. The quantitative estimate of drug-likeness (QED) is 0.0609. The first kappa shape index (κ1) is 38.9. The van der Waals surface area contributed by atoms with Crippen molar-refractivity contribution < 1.29 is 21.5 Å². The molecule has 0 amide bonds. The zero-order valence-electron chi connectivity index (χ0n) is 26.0. The maximum absolute atomic E-state index is 13.9. The average molecular weight is 553 g/mol. The molecule has 226 valence electrons. The fourth-order valence-electron chi connectivity index (χ4n) is 4.76. The molecule has 4 nitrogen and oxygen atoms in total. The molecule has 0 saturated carbocycles. The highest BCUT2D eigenvalue weighted by Gasteiger charge is 2.25. The van der Waals surface area contributed by atoms with Crippen LogP contribution in [-0.2, 0) is 14.3 Å². The van der Waals surface area contributed by atoms with Crippen molar-refractivity contribution >= 4 is 10.1 Å². The molecule has 0 aromatic carbocycles. The van der Waals surface area contributed by atoms with Gasteiger partial charge in [0.05, 0.1) is 32.8 Å². The molecule has 0 bridgehead atoms. The third kappa shape index (κ3) is 23.4. The van der Waals surface area contributed by atoms with Gasteiger partial charge in [-0.05, 0) is 47.0 Å². The van der Waals surface area contributed by atoms with E-state index in [9.17, 15) is 12.8 Å². The number of hydrogen-bond acceptors (Lipinski definition) is 3. The van der Waals surface area contributed by atoms with E-state index in [-0.39, 0.29) is 13.0 Å². The highest BCUT2D eigenvalue weighted by Crippen LogP contribution is 2.17. The van der Waals surface area contributed by atoms with Gasteiger partial charge < -0.3 is 4.48 Å². The summed E-state index contributed by atoms with van der Waals surface area (Å²) in [4.78, 5) is 0. The van der Waals surface area contributed by atoms with Crippen LogP contribution in [0.5, 0.6) is 0 Å². The summed E-state index contributed by atoms with van der Waals surface area (Å²) < 4.78 is 43.6. The molecule has 37 heavy (non-hydrogen) atoms. The van der Waals surface area contributed by atoms with E-state index in [1.54, 1.807) is 0 Å². The van der Waals surface area contributed by atoms with E-state index < -0.39 is 15.6 Å². The topological polar surface area (TPSA) is 43.4 Å². The van der Waals surface area contributed by atoms with Crippen molar-refractivity contribution in [2.24, 2.45) is 0 Å². The minimum Gasteiger partial charge on any atom is -0.325 e. The molecule has 0 aliphatic rings. The van der Waals surface area contributed by atoms with Crippen LogP contribution in [0.2, 0.25) is 0 Å². The number of hydrogen-bond donors (Lipinski definition) is 0. The maximum atomic E-state index is 13.9. The Hall–Kier alpha value is -0.200. The lowest BCUT2D eigenvalue weighted by atomic mass is 10.1. The van der Waals surface area contributed by atoms with Crippen LogP contribution in [0.1, 0.15) is 164 Å². The molecule has 0 heterocycles. The Balaban J connectivity index is 0. The number of quaternary nitrogens is 1. The van der Waals surface area contributed by atoms with Gasteiger partial charge in [-0.1, -0.05) is 117 Å². The second-order valence-electron chi connectivity index (χ2n) is 10.8. The Kier molecular flexibility index (Phi) is 28.8. The fraction of sp³-hybridized carbons (Fsp3) is 1.00. The van der Waals surface area contributed by atoms with Crippen LogP contribution >= 0.6 is 0 Å². The van der Waals surface area contributed by atoms with E-state index in [0.717, 1.165) is 32.1 Å². The number of nitrogens with zero attached hydrogens (tertiary/aromatic N) is 1. The van der Waals surface area contributed by atoms with Crippen LogP contribution in [-0.4, -0.2) is 51.2 Å². The number of unbranched alkanes of at least 4 members (excludes halogenated alkanes) is 16. The molecule has 0 aliphatic carbocycles. The van der Waals surface area contributed by atoms with E-state index in [0.29, 0.717) is 12.8 Å². The molecule has 0 aromatic rings. The smallest absolute Gasteiger partial charge is 0.299 e. The van der Waals surface area contributed by atoms with Crippen LogP contribution in [0.4, 0.5) is 4.39 Å². The number of alkyl halides is 1. The molecule has 1 atom stereocenters. The summed E-state index contributed by atoms with van der Waals surface area (Å²) in [5.41, 5.74) is -1.86. The van der Waals surface area contributed by atoms with Gasteiger partial charge in [-0.2, -0.15) is 8.42 Å². The maximum Gasteiger partial charge on any atom is 0.299 e. The predicted octanol–water partition coefficient (Wildman–Crippen LogP) is 9.96. The first-order chi connectivity index (χ1) is 17.8. The van der Waals surface area contributed by atoms with Crippen molar-refractivity contribution in [3.8, 4) is 0 Å². The molecule has 0 aliphatic heterocycles. The first-order valence-corrected chi connectivity index (χ1v) is 17.6. The molecular weight excluding hydrogens is 485 g/mol. The van der Waals surface area contributed by atoms with Crippen molar-refractivity contribution in [3.05, 3.63) is 0 Å². The summed E-state index contributed by atoms with van der Waals surface area (Å²) in [5.74, 6) is 0. The van der Waals surface area contributed by atoms with Crippen molar-refractivity contribution in [3.63, 3.8) is 0 Å². The Morgan fingerprint density at radius 1 is 0.541 bits per heavy atom. The highest BCUT2D eigenvalue weighted by molar-refractivity contribution is 7.87. The van der Waals surface area contributed by atoms with Gasteiger partial charge in [0.1, 0.15) is 0 Å². The normalized spacial score (nSPS) is 12.8. The van der Waals surface area contributed by atoms with Gasteiger partial charge >= 0.3 is 0 Å². The molecule has 0 saturated heterocycles. The van der Waals surface area contributed by atoms with Crippen LogP contribution in [0.3, 0.4) is 0 Å². The van der Waals surface area contributed by atoms with Gasteiger partial charge in [0.15, 0.2) is 0 Å². The van der Waals surface area contributed by atoms with Crippen molar-refractivity contribution in [2.75, 3.05) is 32.8 Å². The van der Waals surface area contributed by atoms with E-state index >= 15 is 0 Å². The standard InChI is InChI=1S/C23H47FO3S.C8H20N/c1-3-5-7-9-11-12-13-14-15-16-18-20-22-27-28(25,26)23(24)21-19-17-10-8-6-4-2;1-5-9(6-2,7-3)8-4/h23H,3-22H2,1-2H3;5-8H2,1-4H3/q;+1. The Labute approximate surface area is 233 Å². The molecule has 6 heteroatoms. The minimum absolute atomic E-state index is 0.0624. The largest absolute Gasteiger partial charge is 0.325 e. The predicted molar refractivity (Wildman–Crippen MR) is 161 cm³/mol. The SMILES string of the molecule is CCCCCCCCCCCCCCOS(=O)(=O)C(F)CCCCCCCC.CC[N+](CC)(CC)CC. The molecule has 0 aromatic heterocycles. The van der Waals surface area contributed by atoms with E-state index in [1.165, 1.54) is 101 Å². The zero-order valence-corrected chi connectivity index (χ0v) is 26.8. The number of halogens is 1. The summed E-state index contributed by atoms with van der Waals surface area (Å²) in [6, 6.07) is 0. The summed E-state index contributed by atoms with van der Waals surface area (Å²) in [6.45, 7) is 18.7. The fourth-order valence-corrected chi connectivity index (χ4v) is 5.72. The molecule has 0 spiro atoms. The van der Waals surface area contributed by atoms with Gasteiger partial charge in [0.2, 0.25) is 5.50 Å². The second-order valence-corrected chi connectivity index (χ2v) is 12.5. The van der Waals surface area contributed by atoms with Crippen LogP contribution in [0.15, 0.2) is 0 Å². The second kappa shape index (κ2) is 27.4. The van der Waals surface area contributed by atoms with Crippen LogP contribution < -0.4 is 0 Å². The first-order valence-electron chi connectivity index (χ1n) is 16.2. The summed E-state index contributed by atoms with van der Waals surface area (Å²) >= 11 is 0. The summed E-state index contributed by atoms with van der Waals surface area (Å²) in [5, 5.41) is 0. The third-order valence-corrected chi connectivity index (χ3v) is 9.38. The Bertz CT molecular complexity index is 535.